The van der Waals surface area contributed by atoms with Gasteiger partial charge >= 0.3 is 0 Å². The van der Waals surface area contributed by atoms with E-state index in [-0.39, 0.29) is 12.2 Å². The molecule has 1 amide bonds. The number of amides is 1. The molecule has 3 N–H and O–H groups in total. The summed E-state index contributed by atoms with van der Waals surface area (Å²) in [6.07, 6.45) is 3.65. The van der Waals surface area contributed by atoms with Crippen LogP contribution in [0.5, 0.6) is 0 Å². The molecule has 7 heteroatoms. The summed E-state index contributed by atoms with van der Waals surface area (Å²) in [7, 11) is 0. The van der Waals surface area contributed by atoms with E-state index in [9.17, 15) is 9.18 Å². The van der Waals surface area contributed by atoms with Crippen molar-refractivity contribution < 1.29 is 9.18 Å². The lowest BCUT2D eigenvalue weighted by Gasteiger charge is -2.04. The van der Waals surface area contributed by atoms with Crippen molar-refractivity contribution in [2.24, 2.45) is 4.99 Å². The second kappa shape index (κ2) is 7.91. The largest absolute Gasteiger partial charge is 0.376 e. The molecule has 0 spiro atoms. The molecule has 102 valence electrons. The Hall–Kier alpha value is -2.31. The van der Waals surface area contributed by atoms with Gasteiger partial charge in [0.2, 0.25) is 5.84 Å². The number of nitrogens with one attached hydrogen (secondary N) is 3. The average molecular weight is 265 g/mol. The number of halogens is 1. The fraction of sp³-hybridized carbons (Fsp3) is 0.333. The van der Waals surface area contributed by atoms with E-state index in [1.807, 2.05) is 6.92 Å². The van der Waals surface area contributed by atoms with Crippen molar-refractivity contribution in [2.75, 3.05) is 6.54 Å². The molecule has 0 aromatic carbocycles. The zero-order chi connectivity index (χ0) is 14.1. The summed E-state index contributed by atoms with van der Waals surface area (Å²) in [5, 5.41) is 12.6. The van der Waals surface area contributed by atoms with Gasteiger partial charge in [0, 0.05) is 12.7 Å². The normalized spacial score (nSPS) is 10.4. The van der Waals surface area contributed by atoms with Crippen LogP contribution in [0.25, 0.3) is 0 Å². The maximum absolute atomic E-state index is 13.2. The van der Waals surface area contributed by atoms with Gasteiger partial charge in [-0.05, 0) is 18.6 Å². The smallest absolute Gasteiger partial charge is 0.288 e. The maximum atomic E-state index is 13.2. The second-order valence-electron chi connectivity index (χ2n) is 3.68. The first-order chi connectivity index (χ1) is 9.15. The van der Waals surface area contributed by atoms with Crippen LogP contribution in [0.15, 0.2) is 23.3 Å². The summed E-state index contributed by atoms with van der Waals surface area (Å²) in [5.41, 5.74) is 0.122. The number of hydrogen-bond acceptors (Lipinski definition) is 3. The van der Waals surface area contributed by atoms with Crippen LogP contribution < -0.4 is 10.6 Å². The van der Waals surface area contributed by atoms with Crippen LogP contribution in [-0.2, 0) is 11.3 Å². The number of amidine groups is 1. The Morgan fingerprint density at radius 3 is 3.11 bits per heavy atom. The van der Waals surface area contributed by atoms with E-state index in [0.29, 0.717) is 0 Å². The highest BCUT2D eigenvalue weighted by atomic mass is 19.1. The summed E-state index contributed by atoms with van der Waals surface area (Å²) in [5.74, 6) is -1.62. The molecule has 1 rings (SSSR count). The van der Waals surface area contributed by atoms with Gasteiger partial charge in [-0.3, -0.25) is 15.2 Å². The molecule has 0 atom stereocenters. The van der Waals surface area contributed by atoms with Crippen molar-refractivity contribution in [2.45, 2.75) is 19.9 Å². The zero-order valence-corrected chi connectivity index (χ0v) is 10.6. The van der Waals surface area contributed by atoms with E-state index in [4.69, 9.17) is 5.41 Å². The third-order valence-electron chi connectivity index (χ3n) is 2.15. The highest BCUT2D eigenvalue weighted by molar-refractivity contribution is 6.37. The summed E-state index contributed by atoms with van der Waals surface area (Å²) in [6.45, 7) is 2.63. The molecule has 1 aromatic rings. The molecular weight excluding hydrogens is 249 g/mol. The monoisotopic (exact) mass is 265 g/mol. The Morgan fingerprint density at radius 2 is 2.42 bits per heavy atom. The number of rotatable bonds is 5. The van der Waals surface area contributed by atoms with E-state index in [1.165, 1.54) is 24.7 Å². The Labute approximate surface area is 110 Å². The fourth-order valence-corrected chi connectivity index (χ4v) is 1.17. The quantitative estimate of drug-likeness (QED) is 0.418. The van der Waals surface area contributed by atoms with Gasteiger partial charge in [0.15, 0.2) is 0 Å². The van der Waals surface area contributed by atoms with Gasteiger partial charge in [-0.15, -0.1) is 0 Å². The van der Waals surface area contributed by atoms with Crippen LogP contribution in [-0.4, -0.2) is 29.6 Å². The molecule has 0 aliphatic heterocycles. The van der Waals surface area contributed by atoms with Crippen LogP contribution in [0.2, 0.25) is 0 Å². The lowest BCUT2D eigenvalue weighted by Crippen LogP contribution is -2.30. The van der Waals surface area contributed by atoms with Crippen LogP contribution in [0, 0.1) is 11.2 Å². The number of hydrogen-bond donors (Lipinski definition) is 3. The summed E-state index contributed by atoms with van der Waals surface area (Å²) in [6, 6.07) is 2.72. The molecule has 0 aliphatic rings. The highest BCUT2D eigenvalue weighted by Gasteiger charge is 2.09. The summed E-state index contributed by atoms with van der Waals surface area (Å²) < 4.78 is 13.2. The van der Waals surface area contributed by atoms with Gasteiger partial charge in [-0.25, -0.2) is 9.38 Å². The van der Waals surface area contributed by atoms with Crippen molar-refractivity contribution in [3.05, 3.63) is 29.8 Å². The molecule has 6 nitrogen and oxygen atoms in total. The van der Waals surface area contributed by atoms with Gasteiger partial charge in [-0.2, -0.15) is 0 Å². The molecule has 0 fully saturated rings. The molecule has 19 heavy (non-hydrogen) atoms. The number of pyridine rings is 1. The Kier molecular flexibility index (Phi) is 6.14. The Morgan fingerprint density at radius 1 is 1.63 bits per heavy atom. The molecule has 1 heterocycles. The van der Waals surface area contributed by atoms with E-state index in [0.717, 1.165) is 13.0 Å². The topological polar surface area (TPSA) is 90.2 Å². The average Bonchev–Trinajstić information content (AvgIpc) is 2.42. The lowest BCUT2D eigenvalue weighted by molar-refractivity contribution is -0.115. The van der Waals surface area contributed by atoms with Crippen LogP contribution in [0.4, 0.5) is 4.39 Å². The summed E-state index contributed by atoms with van der Waals surface area (Å²) >= 11 is 0. The van der Waals surface area contributed by atoms with E-state index in [1.54, 1.807) is 0 Å². The SMILES string of the molecule is CCCN/C=N\C(=N)C(=O)NCc1ncccc1F. The minimum absolute atomic E-state index is 0.0776. The van der Waals surface area contributed by atoms with E-state index in [2.05, 4.69) is 20.6 Å². The van der Waals surface area contributed by atoms with Crippen molar-refractivity contribution in [1.29, 1.82) is 5.41 Å². The highest BCUT2D eigenvalue weighted by Crippen LogP contribution is 2.01. The first-order valence-electron chi connectivity index (χ1n) is 5.87. The molecule has 0 unspecified atom stereocenters. The zero-order valence-electron chi connectivity index (χ0n) is 10.6. The number of carbonyl (C=O) groups excluding carboxylic acids is 1. The molecule has 0 bridgehead atoms. The standard InChI is InChI=1S/C12H16FN5O/c1-2-5-15-8-18-11(14)12(19)17-7-10-9(13)4-3-6-16-10/h3-4,6,8H,2,5,7H2,1H3,(H,17,19)(H2,14,15,18). The Balaban J connectivity index is 2.41. The third-order valence-corrected chi connectivity index (χ3v) is 2.15. The number of aliphatic imine (C=N–C) groups is 1. The number of nitrogens with zero attached hydrogens (tertiary/aromatic N) is 2. The number of aromatic nitrogens is 1. The van der Waals surface area contributed by atoms with E-state index < -0.39 is 17.6 Å². The Bertz CT molecular complexity index is 475. The first-order valence-corrected chi connectivity index (χ1v) is 5.87. The lowest BCUT2D eigenvalue weighted by atomic mass is 10.3. The molecule has 1 aromatic heterocycles. The van der Waals surface area contributed by atoms with Gasteiger partial charge < -0.3 is 10.6 Å². The van der Waals surface area contributed by atoms with Crippen LogP contribution in [0.1, 0.15) is 19.0 Å². The minimum Gasteiger partial charge on any atom is -0.376 e. The van der Waals surface area contributed by atoms with Gasteiger partial charge in [0.1, 0.15) is 5.82 Å². The molecule has 0 radical (unpaired) electrons. The molecule has 0 saturated carbocycles. The minimum atomic E-state index is -0.681. The first kappa shape index (κ1) is 14.7. The fourth-order valence-electron chi connectivity index (χ4n) is 1.17. The van der Waals surface area contributed by atoms with Gasteiger partial charge in [0.05, 0.1) is 18.6 Å². The van der Waals surface area contributed by atoms with Crippen molar-refractivity contribution >= 4 is 18.1 Å². The van der Waals surface area contributed by atoms with Gasteiger partial charge in [-0.1, -0.05) is 6.92 Å². The van der Waals surface area contributed by atoms with Crippen molar-refractivity contribution in [3.8, 4) is 0 Å². The molecule has 0 aliphatic carbocycles. The van der Waals surface area contributed by atoms with Crippen molar-refractivity contribution in [1.82, 2.24) is 15.6 Å². The van der Waals surface area contributed by atoms with Crippen LogP contribution >= 0.6 is 0 Å². The third kappa shape index (κ3) is 5.24. The van der Waals surface area contributed by atoms with Crippen LogP contribution in [0.3, 0.4) is 0 Å². The predicted molar refractivity (Wildman–Crippen MR) is 70.6 cm³/mol. The van der Waals surface area contributed by atoms with E-state index >= 15 is 0 Å². The molecular formula is C12H16FN5O. The predicted octanol–water partition coefficient (Wildman–Crippen LogP) is 0.842. The second-order valence-corrected chi connectivity index (χ2v) is 3.68. The summed E-state index contributed by atoms with van der Waals surface area (Å²) in [4.78, 5) is 18.9. The molecule has 0 saturated heterocycles. The van der Waals surface area contributed by atoms with Gasteiger partial charge in [0.25, 0.3) is 5.91 Å². The van der Waals surface area contributed by atoms with Crippen molar-refractivity contribution in [3.63, 3.8) is 0 Å². The number of carbonyl (C=O) groups is 1. The maximum Gasteiger partial charge on any atom is 0.288 e.